The van der Waals surface area contributed by atoms with E-state index in [0.717, 1.165) is 58.8 Å². The number of carbonyl (C=O) groups excluding carboxylic acids is 2. The van der Waals surface area contributed by atoms with Crippen molar-refractivity contribution in [2.75, 3.05) is 6.61 Å². The van der Waals surface area contributed by atoms with Crippen molar-refractivity contribution in [1.29, 1.82) is 0 Å². The highest BCUT2D eigenvalue weighted by atomic mass is 32.1. The fraction of sp³-hybridized carbons (Fsp3) is 0.406. The number of rotatable bonds is 12. The number of hydrogen-bond acceptors (Lipinski definition) is 7. The molecule has 1 atom stereocenters. The predicted octanol–water partition coefficient (Wildman–Crippen LogP) is 7.21. The second kappa shape index (κ2) is 14.7. The van der Waals surface area contributed by atoms with Gasteiger partial charge in [0.2, 0.25) is 5.91 Å². The zero-order chi connectivity index (χ0) is 28.3. The Morgan fingerprint density at radius 2 is 1.90 bits per heavy atom. The maximum absolute atomic E-state index is 13.2. The standard InChI is InChI=1S/C32H38N2O5S/c1-4-38-32(36)23(3)16-22(2)17-27-21-40-31(33-27)29(34-30(35)26-8-6-5-7-9-26)18-24-10-12-28(13-11-24)39-20-25-14-15-37-19-25/h10-17,19,21,26,29H,4-9,18,20H2,1-3H3,(H,34,35)/t29-/m0/s1. The van der Waals surface area contributed by atoms with Gasteiger partial charge in [-0.1, -0.05) is 31.4 Å². The molecular formula is C32H38N2O5S. The van der Waals surface area contributed by atoms with E-state index in [4.69, 9.17) is 18.9 Å². The van der Waals surface area contributed by atoms with Crippen LogP contribution in [0.25, 0.3) is 6.08 Å². The van der Waals surface area contributed by atoms with Crippen molar-refractivity contribution in [3.8, 4) is 5.75 Å². The summed E-state index contributed by atoms with van der Waals surface area (Å²) in [6.45, 7) is 6.25. The number of furan rings is 1. The molecule has 4 rings (SSSR count). The number of amides is 1. The van der Waals surface area contributed by atoms with Crippen LogP contribution >= 0.6 is 11.3 Å². The molecule has 212 valence electrons. The minimum atomic E-state index is -0.322. The van der Waals surface area contributed by atoms with Gasteiger partial charge >= 0.3 is 5.97 Å². The van der Waals surface area contributed by atoms with E-state index in [1.54, 1.807) is 32.4 Å². The van der Waals surface area contributed by atoms with E-state index in [2.05, 4.69) is 5.32 Å². The van der Waals surface area contributed by atoms with E-state index in [1.807, 2.05) is 48.7 Å². The first kappa shape index (κ1) is 29.3. The number of allylic oxidation sites excluding steroid dienone is 2. The lowest BCUT2D eigenvalue weighted by Crippen LogP contribution is -2.35. The van der Waals surface area contributed by atoms with Crippen LogP contribution in [0.1, 0.15) is 80.7 Å². The van der Waals surface area contributed by atoms with E-state index in [9.17, 15) is 9.59 Å². The molecule has 1 aromatic carbocycles. The normalized spacial score (nSPS) is 15.5. The monoisotopic (exact) mass is 562 g/mol. The van der Waals surface area contributed by atoms with Crippen LogP contribution < -0.4 is 10.1 Å². The number of benzene rings is 1. The maximum atomic E-state index is 13.2. The van der Waals surface area contributed by atoms with E-state index >= 15 is 0 Å². The molecule has 0 bridgehead atoms. The van der Waals surface area contributed by atoms with Gasteiger partial charge in [0.25, 0.3) is 0 Å². The molecule has 3 aromatic rings. The molecule has 0 spiro atoms. The van der Waals surface area contributed by atoms with Crippen LogP contribution in [0.5, 0.6) is 5.75 Å². The molecule has 1 aliphatic carbocycles. The van der Waals surface area contributed by atoms with Crippen molar-refractivity contribution >= 4 is 29.3 Å². The van der Waals surface area contributed by atoms with Crippen LogP contribution in [0, 0.1) is 5.92 Å². The molecule has 0 radical (unpaired) electrons. The summed E-state index contributed by atoms with van der Waals surface area (Å²) in [4.78, 5) is 30.0. The molecule has 7 nitrogen and oxygen atoms in total. The number of carbonyl (C=O) groups is 2. The van der Waals surface area contributed by atoms with Crippen molar-refractivity contribution in [1.82, 2.24) is 10.3 Å². The summed E-state index contributed by atoms with van der Waals surface area (Å²) in [5.41, 5.74) is 4.30. The summed E-state index contributed by atoms with van der Waals surface area (Å²) in [7, 11) is 0. The molecule has 1 amide bonds. The average molecular weight is 563 g/mol. The summed E-state index contributed by atoms with van der Waals surface area (Å²) in [5, 5.41) is 6.15. The molecular weight excluding hydrogens is 524 g/mol. The van der Waals surface area contributed by atoms with Gasteiger partial charge in [-0.25, -0.2) is 9.78 Å². The van der Waals surface area contributed by atoms with Crippen LogP contribution in [0.15, 0.2) is 69.9 Å². The van der Waals surface area contributed by atoms with Gasteiger partial charge in [-0.2, -0.15) is 0 Å². The Kier molecular flexibility index (Phi) is 10.7. The van der Waals surface area contributed by atoms with Crippen molar-refractivity contribution in [3.63, 3.8) is 0 Å². The number of esters is 1. The lowest BCUT2D eigenvalue weighted by atomic mass is 9.88. The third-order valence-electron chi connectivity index (χ3n) is 6.90. The van der Waals surface area contributed by atoms with E-state index in [0.29, 0.717) is 25.2 Å². The highest BCUT2D eigenvalue weighted by Crippen LogP contribution is 2.28. The first-order chi connectivity index (χ1) is 19.4. The van der Waals surface area contributed by atoms with E-state index in [-0.39, 0.29) is 23.8 Å². The van der Waals surface area contributed by atoms with Crippen LogP contribution in [0.4, 0.5) is 0 Å². The minimum absolute atomic E-state index is 0.0625. The van der Waals surface area contributed by atoms with Gasteiger partial charge in [-0.15, -0.1) is 11.3 Å². The zero-order valence-electron chi connectivity index (χ0n) is 23.5. The lowest BCUT2D eigenvalue weighted by molar-refractivity contribution is -0.138. The molecule has 0 unspecified atom stereocenters. The van der Waals surface area contributed by atoms with Gasteiger partial charge in [0, 0.05) is 22.4 Å². The number of hydrogen-bond donors (Lipinski definition) is 1. The van der Waals surface area contributed by atoms with E-state index < -0.39 is 0 Å². The van der Waals surface area contributed by atoms with Gasteiger partial charge in [-0.3, -0.25) is 4.79 Å². The number of aromatic nitrogens is 1. The Balaban J connectivity index is 1.48. The largest absolute Gasteiger partial charge is 0.489 e. The fourth-order valence-electron chi connectivity index (χ4n) is 4.80. The maximum Gasteiger partial charge on any atom is 0.333 e. The Morgan fingerprint density at radius 3 is 2.60 bits per heavy atom. The SMILES string of the molecule is CCOC(=O)C(C)=CC(C)=Cc1csc([C@H](Cc2ccc(OCc3ccoc3)cc2)NC(=O)C2CCCCC2)n1. The molecule has 2 heterocycles. The van der Waals surface area contributed by atoms with Gasteiger partial charge in [0.05, 0.1) is 30.9 Å². The van der Waals surface area contributed by atoms with Gasteiger partial charge in [0.1, 0.15) is 17.4 Å². The minimum Gasteiger partial charge on any atom is -0.489 e. The number of thiazole rings is 1. The topological polar surface area (TPSA) is 90.7 Å². The second-order valence-corrected chi connectivity index (χ2v) is 11.1. The quantitative estimate of drug-likeness (QED) is 0.143. The molecule has 40 heavy (non-hydrogen) atoms. The fourth-order valence-corrected chi connectivity index (χ4v) is 5.63. The molecule has 1 N–H and O–H groups in total. The average Bonchev–Trinajstić information content (AvgIpc) is 3.65. The third kappa shape index (κ3) is 8.68. The predicted molar refractivity (Wildman–Crippen MR) is 157 cm³/mol. The number of nitrogens with zero attached hydrogens (tertiary/aromatic N) is 1. The highest BCUT2D eigenvalue weighted by molar-refractivity contribution is 7.09. The molecule has 1 aliphatic rings. The van der Waals surface area contributed by atoms with Crippen LogP contribution in [-0.2, 0) is 27.4 Å². The van der Waals surface area contributed by atoms with Crippen LogP contribution in [-0.4, -0.2) is 23.5 Å². The van der Waals surface area contributed by atoms with E-state index in [1.165, 1.54) is 17.8 Å². The zero-order valence-corrected chi connectivity index (χ0v) is 24.3. The summed E-state index contributed by atoms with van der Waals surface area (Å²) < 4.78 is 16.0. The molecule has 0 aliphatic heterocycles. The van der Waals surface area contributed by atoms with Crippen molar-refractivity contribution in [2.24, 2.45) is 5.92 Å². The molecule has 2 aromatic heterocycles. The first-order valence-corrected chi connectivity index (χ1v) is 14.8. The van der Waals surface area contributed by atoms with Crippen molar-refractivity contribution in [2.45, 2.75) is 71.9 Å². The summed E-state index contributed by atoms with van der Waals surface area (Å²) in [6.07, 6.45) is 13.0. The van der Waals surface area contributed by atoms with Gasteiger partial charge in [-0.05, 0) is 81.5 Å². The molecule has 1 saturated carbocycles. The Morgan fingerprint density at radius 1 is 1.12 bits per heavy atom. The smallest absolute Gasteiger partial charge is 0.333 e. The summed E-state index contributed by atoms with van der Waals surface area (Å²) in [6, 6.07) is 9.61. The van der Waals surface area contributed by atoms with Crippen molar-refractivity contribution < 1.29 is 23.5 Å². The molecule has 0 saturated heterocycles. The Labute approximate surface area is 240 Å². The third-order valence-corrected chi connectivity index (χ3v) is 7.87. The first-order valence-electron chi connectivity index (χ1n) is 13.9. The second-order valence-electron chi connectivity index (χ2n) is 10.2. The van der Waals surface area contributed by atoms with Gasteiger partial charge < -0.3 is 19.2 Å². The molecule has 1 fully saturated rings. The van der Waals surface area contributed by atoms with Crippen molar-refractivity contribution in [3.05, 3.63) is 87.3 Å². The highest BCUT2D eigenvalue weighted by Gasteiger charge is 2.25. The number of ether oxygens (including phenoxy) is 2. The Bertz CT molecular complexity index is 1300. The van der Waals surface area contributed by atoms with Gasteiger partial charge in [0.15, 0.2) is 0 Å². The number of nitrogens with one attached hydrogen (secondary N) is 1. The summed E-state index contributed by atoms with van der Waals surface area (Å²) >= 11 is 1.53. The molecule has 8 heteroatoms. The Hall–Kier alpha value is -3.65. The summed E-state index contributed by atoms with van der Waals surface area (Å²) in [5.74, 6) is 0.627. The van der Waals surface area contributed by atoms with Crippen LogP contribution in [0.3, 0.4) is 0 Å². The van der Waals surface area contributed by atoms with Crippen LogP contribution in [0.2, 0.25) is 0 Å². The lowest BCUT2D eigenvalue weighted by Gasteiger charge is -2.24.